The Hall–Kier alpha value is -2.43. The van der Waals surface area contributed by atoms with Gasteiger partial charge in [-0.3, -0.25) is 4.79 Å². The standard InChI is InChI=1S/C17H20N4O/c1-3-20(4-2)17(22)14-11-19-16(12-18-14)21-10-9-13-7-5-6-8-15(13)21/h5-8,11-12H,3-4,9-10H2,1-2H3. The van der Waals surface area contributed by atoms with Crippen molar-refractivity contribution in [2.75, 3.05) is 24.5 Å². The minimum Gasteiger partial charge on any atom is -0.338 e. The minimum absolute atomic E-state index is 0.0640. The predicted octanol–water partition coefficient (Wildman–Crippen LogP) is 2.65. The van der Waals surface area contributed by atoms with E-state index in [1.165, 1.54) is 11.3 Å². The van der Waals surface area contributed by atoms with Crippen LogP contribution in [-0.4, -0.2) is 40.4 Å². The van der Waals surface area contributed by atoms with Gasteiger partial charge in [-0.2, -0.15) is 0 Å². The summed E-state index contributed by atoms with van der Waals surface area (Å²) in [7, 11) is 0. The number of benzene rings is 1. The number of amides is 1. The number of aromatic nitrogens is 2. The number of carbonyl (C=O) groups is 1. The van der Waals surface area contributed by atoms with Gasteiger partial charge in [-0.05, 0) is 31.9 Å². The van der Waals surface area contributed by atoms with E-state index in [0.29, 0.717) is 18.8 Å². The van der Waals surface area contributed by atoms with Crippen molar-refractivity contribution < 1.29 is 4.79 Å². The molecule has 0 atom stereocenters. The summed E-state index contributed by atoms with van der Waals surface area (Å²) in [5.41, 5.74) is 2.91. The number of fused-ring (bicyclic) bond motifs is 1. The summed E-state index contributed by atoms with van der Waals surface area (Å²) >= 11 is 0. The monoisotopic (exact) mass is 296 g/mol. The fourth-order valence-electron chi connectivity index (χ4n) is 2.82. The van der Waals surface area contributed by atoms with Crippen LogP contribution in [0.15, 0.2) is 36.7 Å². The van der Waals surface area contributed by atoms with Crippen molar-refractivity contribution in [1.29, 1.82) is 0 Å². The van der Waals surface area contributed by atoms with Crippen LogP contribution >= 0.6 is 0 Å². The lowest BCUT2D eigenvalue weighted by atomic mass is 10.2. The average Bonchev–Trinajstić information content (AvgIpc) is 3.00. The van der Waals surface area contributed by atoms with Gasteiger partial charge in [-0.25, -0.2) is 9.97 Å². The Labute approximate surface area is 130 Å². The summed E-state index contributed by atoms with van der Waals surface area (Å²) in [5.74, 6) is 0.729. The number of anilines is 2. The number of hydrogen-bond acceptors (Lipinski definition) is 4. The predicted molar refractivity (Wildman–Crippen MR) is 86.4 cm³/mol. The van der Waals surface area contributed by atoms with E-state index in [-0.39, 0.29) is 5.91 Å². The number of rotatable bonds is 4. The SMILES string of the molecule is CCN(CC)C(=O)c1cnc(N2CCc3ccccc32)cn1. The van der Waals surface area contributed by atoms with Crippen molar-refractivity contribution in [1.82, 2.24) is 14.9 Å². The molecule has 0 unspecified atom stereocenters. The fourth-order valence-corrected chi connectivity index (χ4v) is 2.82. The molecule has 114 valence electrons. The van der Waals surface area contributed by atoms with Gasteiger partial charge in [0.1, 0.15) is 5.69 Å². The van der Waals surface area contributed by atoms with Crippen LogP contribution in [0.3, 0.4) is 0 Å². The number of nitrogens with zero attached hydrogens (tertiary/aromatic N) is 4. The maximum atomic E-state index is 12.2. The smallest absolute Gasteiger partial charge is 0.274 e. The molecule has 1 amide bonds. The van der Waals surface area contributed by atoms with E-state index in [9.17, 15) is 4.79 Å². The zero-order valence-electron chi connectivity index (χ0n) is 13.0. The van der Waals surface area contributed by atoms with Gasteiger partial charge in [0.2, 0.25) is 0 Å². The molecule has 0 N–H and O–H groups in total. The zero-order chi connectivity index (χ0) is 15.5. The van der Waals surface area contributed by atoms with Gasteiger partial charge >= 0.3 is 0 Å². The lowest BCUT2D eigenvalue weighted by Crippen LogP contribution is -2.31. The maximum absolute atomic E-state index is 12.2. The second-order valence-corrected chi connectivity index (χ2v) is 5.27. The molecule has 22 heavy (non-hydrogen) atoms. The Morgan fingerprint density at radius 1 is 1.18 bits per heavy atom. The van der Waals surface area contributed by atoms with Crippen LogP contribution in [0.2, 0.25) is 0 Å². The Morgan fingerprint density at radius 2 is 1.95 bits per heavy atom. The highest BCUT2D eigenvalue weighted by molar-refractivity contribution is 5.92. The molecule has 0 saturated heterocycles. The molecule has 0 radical (unpaired) electrons. The van der Waals surface area contributed by atoms with Crippen molar-refractivity contribution >= 4 is 17.4 Å². The third-order valence-electron chi connectivity index (χ3n) is 4.07. The van der Waals surface area contributed by atoms with Crippen molar-refractivity contribution in [2.24, 2.45) is 0 Å². The molecular formula is C17H20N4O. The summed E-state index contributed by atoms with van der Waals surface area (Å²) in [6.45, 7) is 6.18. The molecule has 1 aliphatic heterocycles. The van der Waals surface area contributed by atoms with E-state index in [1.807, 2.05) is 19.9 Å². The first kappa shape index (κ1) is 14.5. The van der Waals surface area contributed by atoms with E-state index in [4.69, 9.17) is 0 Å². The number of carbonyl (C=O) groups excluding carboxylic acids is 1. The Kier molecular flexibility index (Phi) is 4.04. The fraction of sp³-hybridized carbons (Fsp3) is 0.353. The Balaban J connectivity index is 1.82. The molecule has 0 saturated carbocycles. The van der Waals surface area contributed by atoms with Gasteiger partial charge in [0.05, 0.1) is 12.4 Å². The van der Waals surface area contributed by atoms with Crippen LogP contribution in [0.25, 0.3) is 0 Å². The molecule has 3 rings (SSSR count). The normalized spacial score (nSPS) is 13.1. The second-order valence-electron chi connectivity index (χ2n) is 5.27. The molecule has 2 heterocycles. The summed E-state index contributed by atoms with van der Waals surface area (Å²) in [4.78, 5) is 24.9. The molecule has 5 nitrogen and oxygen atoms in total. The number of para-hydroxylation sites is 1. The lowest BCUT2D eigenvalue weighted by Gasteiger charge is -2.20. The molecule has 0 bridgehead atoms. The highest BCUT2D eigenvalue weighted by Gasteiger charge is 2.21. The van der Waals surface area contributed by atoms with Crippen molar-refractivity contribution in [3.63, 3.8) is 0 Å². The van der Waals surface area contributed by atoms with Gasteiger partial charge in [0.25, 0.3) is 5.91 Å². The van der Waals surface area contributed by atoms with Crippen molar-refractivity contribution in [3.05, 3.63) is 47.9 Å². The van der Waals surface area contributed by atoms with Crippen LogP contribution in [-0.2, 0) is 6.42 Å². The Morgan fingerprint density at radius 3 is 2.64 bits per heavy atom. The van der Waals surface area contributed by atoms with Crippen molar-refractivity contribution in [2.45, 2.75) is 20.3 Å². The first-order valence-corrected chi connectivity index (χ1v) is 7.71. The van der Waals surface area contributed by atoms with Crippen molar-refractivity contribution in [3.8, 4) is 0 Å². The lowest BCUT2D eigenvalue weighted by molar-refractivity contribution is 0.0766. The zero-order valence-corrected chi connectivity index (χ0v) is 13.0. The molecule has 1 aromatic heterocycles. The quantitative estimate of drug-likeness (QED) is 0.870. The summed E-state index contributed by atoms with van der Waals surface area (Å²) in [6, 6.07) is 8.32. The second kappa shape index (κ2) is 6.13. The first-order chi connectivity index (χ1) is 10.7. The largest absolute Gasteiger partial charge is 0.338 e. The van der Waals surface area contributed by atoms with E-state index >= 15 is 0 Å². The summed E-state index contributed by atoms with van der Waals surface area (Å²) in [6.07, 6.45) is 4.29. The van der Waals surface area contributed by atoms with Crippen LogP contribution in [0, 0.1) is 0 Å². The van der Waals surface area contributed by atoms with Crippen LogP contribution in [0.5, 0.6) is 0 Å². The summed E-state index contributed by atoms with van der Waals surface area (Å²) < 4.78 is 0. The molecule has 0 aliphatic carbocycles. The molecule has 0 fully saturated rings. The highest BCUT2D eigenvalue weighted by Crippen LogP contribution is 2.32. The highest BCUT2D eigenvalue weighted by atomic mass is 16.2. The minimum atomic E-state index is -0.0640. The molecule has 2 aromatic rings. The maximum Gasteiger partial charge on any atom is 0.274 e. The third kappa shape index (κ3) is 2.54. The molecule has 5 heteroatoms. The van der Waals surface area contributed by atoms with Gasteiger partial charge in [-0.1, -0.05) is 18.2 Å². The van der Waals surface area contributed by atoms with E-state index in [1.54, 1.807) is 17.3 Å². The average molecular weight is 296 g/mol. The first-order valence-electron chi connectivity index (χ1n) is 7.71. The van der Waals surface area contributed by atoms with E-state index in [0.717, 1.165) is 18.8 Å². The van der Waals surface area contributed by atoms with E-state index in [2.05, 4.69) is 33.1 Å². The molecule has 1 aromatic carbocycles. The third-order valence-corrected chi connectivity index (χ3v) is 4.07. The van der Waals surface area contributed by atoms with Gasteiger partial charge < -0.3 is 9.80 Å². The van der Waals surface area contributed by atoms with Crippen LogP contribution < -0.4 is 4.90 Å². The van der Waals surface area contributed by atoms with Crippen LogP contribution in [0.4, 0.5) is 11.5 Å². The molecule has 0 spiro atoms. The summed E-state index contributed by atoms with van der Waals surface area (Å²) in [5, 5.41) is 0. The Bertz CT molecular complexity index is 665. The van der Waals surface area contributed by atoms with Crippen LogP contribution in [0.1, 0.15) is 29.9 Å². The van der Waals surface area contributed by atoms with Gasteiger partial charge in [0, 0.05) is 25.3 Å². The van der Waals surface area contributed by atoms with E-state index < -0.39 is 0 Å². The topological polar surface area (TPSA) is 49.3 Å². The molecular weight excluding hydrogens is 276 g/mol. The molecule has 1 aliphatic rings. The van der Waals surface area contributed by atoms with Gasteiger partial charge in [-0.15, -0.1) is 0 Å². The number of hydrogen-bond donors (Lipinski definition) is 0. The van der Waals surface area contributed by atoms with Gasteiger partial charge in [0.15, 0.2) is 5.82 Å².